The second-order valence-corrected chi connectivity index (χ2v) is 6.54. The molecule has 2 aromatic carbocycles. The second-order valence-electron chi connectivity index (χ2n) is 6.13. The van der Waals surface area contributed by atoms with Crippen LogP contribution >= 0.6 is 11.6 Å². The highest BCUT2D eigenvalue weighted by atomic mass is 35.5. The van der Waals surface area contributed by atoms with E-state index in [1.54, 1.807) is 42.5 Å². The summed E-state index contributed by atoms with van der Waals surface area (Å²) in [6, 6.07) is 10.8. The number of nitrogens with one attached hydrogen (secondary N) is 3. The molecule has 0 aromatic heterocycles. The molecule has 3 rings (SSSR count). The Morgan fingerprint density at radius 2 is 1.79 bits per heavy atom. The number of hydrogen-bond donors (Lipinski definition) is 3. The van der Waals surface area contributed by atoms with Gasteiger partial charge < -0.3 is 10.1 Å². The van der Waals surface area contributed by atoms with Crippen molar-refractivity contribution in [1.29, 1.82) is 0 Å². The van der Waals surface area contributed by atoms with Crippen LogP contribution in [0.25, 0.3) is 6.08 Å². The number of aryl methyl sites for hydroxylation is 1. The summed E-state index contributed by atoms with van der Waals surface area (Å²) in [5.41, 5.74) is 1.57. The lowest BCUT2D eigenvalue weighted by Gasteiger charge is -2.15. The first-order chi connectivity index (χ1) is 13.8. The SMILES string of the molecule is Cc1ccc(NC(=O)COc2ccccc2C=C2C(=O)NC(=O)NC2=O)cc1Cl. The van der Waals surface area contributed by atoms with Gasteiger partial charge in [-0.2, -0.15) is 0 Å². The maximum Gasteiger partial charge on any atom is 0.328 e. The van der Waals surface area contributed by atoms with E-state index in [4.69, 9.17) is 16.3 Å². The molecule has 1 fully saturated rings. The predicted octanol–water partition coefficient (Wildman–Crippen LogP) is 2.42. The molecule has 0 atom stereocenters. The van der Waals surface area contributed by atoms with Crippen molar-refractivity contribution in [3.8, 4) is 5.75 Å². The lowest BCUT2D eigenvalue weighted by atomic mass is 10.1. The van der Waals surface area contributed by atoms with Crippen LogP contribution in [-0.2, 0) is 14.4 Å². The Labute approximate surface area is 170 Å². The number of ether oxygens (including phenoxy) is 1. The first-order valence-corrected chi connectivity index (χ1v) is 8.87. The summed E-state index contributed by atoms with van der Waals surface area (Å²) in [5, 5.41) is 7.18. The normalized spacial score (nSPS) is 13.4. The fourth-order valence-corrected chi connectivity index (χ4v) is 2.68. The summed E-state index contributed by atoms with van der Waals surface area (Å²) in [6.07, 6.45) is 1.28. The molecule has 9 heteroatoms. The van der Waals surface area contributed by atoms with Gasteiger partial charge in [0.05, 0.1) is 0 Å². The number of urea groups is 1. The number of carbonyl (C=O) groups excluding carboxylic acids is 4. The molecular formula is C20H16ClN3O5. The molecule has 8 nitrogen and oxygen atoms in total. The Morgan fingerprint density at radius 1 is 1.10 bits per heavy atom. The van der Waals surface area contributed by atoms with E-state index < -0.39 is 23.8 Å². The van der Waals surface area contributed by atoms with Crippen molar-refractivity contribution >= 4 is 47.1 Å². The number of halogens is 1. The number of imide groups is 2. The van der Waals surface area contributed by atoms with E-state index in [9.17, 15) is 19.2 Å². The molecule has 2 aromatic rings. The van der Waals surface area contributed by atoms with Crippen LogP contribution in [0, 0.1) is 6.92 Å². The van der Waals surface area contributed by atoms with Gasteiger partial charge in [-0.25, -0.2) is 4.79 Å². The molecule has 148 valence electrons. The van der Waals surface area contributed by atoms with Crippen LogP contribution in [-0.4, -0.2) is 30.4 Å². The lowest BCUT2D eigenvalue weighted by molar-refractivity contribution is -0.124. The van der Waals surface area contributed by atoms with Crippen LogP contribution in [0.2, 0.25) is 5.02 Å². The van der Waals surface area contributed by atoms with Crippen molar-refractivity contribution in [1.82, 2.24) is 10.6 Å². The molecule has 1 aliphatic rings. The van der Waals surface area contributed by atoms with E-state index in [1.165, 1.54) is 6.08 Å². The van der Waals surface area contributed by atoms with Gasteiger partial charge in [-0.3, -0.25) is 25.0 Å². The molecule has 0 bridgehead atoms. The molecule has 1 saturated heterocycles. The van der Waals surface area contributed by atoms with Gasteiger partial charge in [0.15, 0.2) is 6.61 Å². The van der Waals surface area contributed by atoms with Gasteiger partial charge in [0, 0.05) is 16.3 Å². The number of benzene rings is 2. The van der Waals surface area contributed by atoms with Crippen LogP contribution < -0.4 is 20.7 Å². The highest BCUT2D eigenvalue weighted by molar-refractivity contribution is 6.32. The predicted molar refractivity (Wildman–Crippen MR) is 106 cm³/mol. The number of amides is 5. The van der Waals surface area contributed by atoms with Crippen molar-refractivity contribution in [3.63, 3.8) is 0 Å². The third-order valence-electron chi connectivity index (χ3n) is 3.98. The minimum atomic E-state index is -0.880. The Balaban J connectivity index is 1.71. The maximum atomic E-state index is 12.2. The zero-order chi connectivity index (χ0) is 21.0. The number of para-hydroxylation sites is 1. The summed E-state index contributed by atoms with van der Waals surface area (Å²) >= 11 is 6.04. The summed E-state index contributed by atoms with van der Waals surface area (Å²) in [5.74, 6) is -1.76. The van der Waals surface area contributed by atoms with E-state index in [0.717, 1.165) is 5.56 Å². The standard InChI is InChI=1S/C20H16ClN3O5/c1-11-6-7-13(9-15(11)21)22-17(25)10-29-16-5-3-2-4-12(16)8-14-18(26)23-20(28)24-19(14)27/h2-9H,10H2,1H3,(H,22,25)(H2,23,24,26,27,28). The van der Waals surface area contributed by atoms with Crippen molar-refractivity contribution in [2.24, 2.45) is 0 Å². The topological polar surface area (TPSA) is 114 Å². The van der Waals surface area contributed by atoms with Crippen LogP contribution in [0.3, 0.4) is 0 Å². The Hall–Kier alpha value is -3.65. The first-order valence-electron chi connectivity index (χ1n) is 8.49. The highest BCUT2D eigenvalue weighted by Gasteiger charge is 2.28. The molecule has 0 saturated carbocycles. The summed E-state index contributed by atoms with van der Waals surface area (Å²) in [7, 11) is 0. The second kappa shape index (κ2) is 8.57. The Kier molecular flexibility index (Phi) is 5.94. The van der Waals surface area contributed by atoms with E-state index in [-0.39, 0.29) is 17.9 Å². The molecule has 0 unspecified atom stereocenters. The fraction of sp³-hybridized carbons (Fsp3) is 0.100. The molecule has 0 aliphatic carbocycles. The van der Waals surface area contributed by atoms with Gasteiger partial charge in [-0.05, 0) is 36.8 Å². The third kappa shape index (κ3) is 4.99. The zero-order valence-corrected chi connectivity index (χ0v) is 16.0. The van der Waals surface area contributed by atoms with Crippen molar-refractivity contribution in [3.05, 3.63) is 64.2 Å². The van der Waals surface area contributed by atoms with E-state index in [2.05, 4.69) is 5.32 Å². The summed E-state index contributed by atoms with van der Waals surface area (Å²) < 4.78 is 5.54. The summed E-state index contributed by atoms with van der Waals surface area (Å²) in [4.78, 5) is 47.1. The molecule has 5 amide bonds. The van der Waals surface area contributed by atoms with Crippen molar-refractivity contribution < 1.29 is 23.9 Å². The molecule has 1 aliphatic heterocycles. The minimum absolute atomic E-state index is 0.251. The van der Waals surface area contributed by atoms with Crippen LogP contribution in [0.15, 0.2) is 48.0 Å². The average molecular weight is 414 g/mol. The number of hydrogen-bond acceptors (Lipinski definition) is 5. The fourth-order valence-electron chi connectivity index (χ4n) is 2.50. The van der Waals surface area contributed by atoms with Gasteiger partial charge in [-0.15, -0.1) is 0 Å². The first kappa shape index (κ1) is 20.1. The molecule has 0 radical (unpaired) electrons. The van der Waals surface area contributed by atoms with E-state index in [1.807, 2.05) is 17.6 Å². The van der Waals surface area contributed by atoms with Gasteiger partial charge in [0.2, 0.25) is 0 Å². The van der Waals surface area contributed by atoms with Gasteiger partial charge >= 0.3 is 6.03 Å². The molecule has 0 spiro atoms. The highest BCUT2D eigenvalue weighted by Crippen LogP contribution is 2.22. The molecule has 3 N–H and O–H groups in total. The zero-order valence-electron chi connectivity index (χ0n) is 15.2. The minimum Gasteiger partial charge on any atom is -0.483 e. The lowest BCUT2D eigenvalue weighted by Crippen LogP contribution is -2.51. The van der Waals surface area contributed by atoms with Crippen LogP contribution in [0.4, 0.5) is 10.5 Å². The largest absolute Gasteiger partial charge is 0.483 e. The van der Waals surface area contributed by atoms with Gasteiger partial charge in [0.1, 0.15) is 11.3 Å². The quantitative estimate of drug-likeness (QED) is 0.514. The smallest absolute Gasteiger partial charge is 0.328 e. The molecular weight excluding hydrogens is 398 g/mol. The van der Waals surface area contributed by atoms with Crippen molar-refractivity contribution in [2.75, 3.05) is 11.9 Å². The number of anilines is 1. The van der Waals surface area contributed by atoms with Crippen molar-refractivity contribution in [2.45, 2.75) is 6.92 Å². The Bertz CT molecular complexity index is 1030. The average Bonchev–Trinajstić information content (AvgIpc) is 2.66. The number of carbonyl (C=O) groups is 4. The Morgan fingerprint density at radius 3 is 2.48 bits per heavy atom. The van der Waals surface area contributed by atoms with Gasteiger partial charge in [0.25, 0.3) is 17.7 Å². The number of rotatable bonds is 5. The van der Waals surface area contributed by atoms with Crippen LogP contribution in [0.5, 0.6) is 5.75 Å². The monoisotopic (exact) mass is 413 g/mol. The van der Waals surface area contributed by atoms with E-state index in [0.29, 0.717) is 16.3 Å². The third-order valence-corrected chi connectivity index (χ3v) is 4.38. The summed E-state index contributed by atoms with van der Waals surface area (Å²) in [6.45, 7) is 1.55. The maximum absolute atomic E-state index is 12.2. The van der Waals surface area contributed by atoms with Gasteiger partial charge in [-0.1, -0.05) is 35.9 Å². The number of barbiturate groups is 1. The molecule has 29 heavy (non-hydrogen) atoms. The van der Waals surface area contributed by atoms with Crippen LogP contribution in [0.1, 0.15) is 11.1 Å². The molecule has 1 heterocycles. The van der Waals surface area contributed by atoms with E-state index >= 15 is 0 Å².